The van der Waals surface area contributed by atoms with Gasteiger partial charge in [0.1, 0.15) is 0 Å². The van der Waals surface area contributed by atoms with Gasteiger partial charge in [-0.2, -0.15) is 5.10 Å². The number of amides is 2. The van der Waals surface area contributed by atoms with Gasteiger partial charge in [0.2, 0.25) is 5.91 Å². The monoisotopic (exact) mass is 311 g/mol. The number of alkyl halides is 2. The Morgan fingerprint density at radius 1 is 1.30 bits per heavy atom. The molecule has 5 nitrogen and oxygen atoms in total. The molecule has 2 atom stereocenters. The van der Waals surface area contributed by atoms with Crippen LogP contribution in [0.25, 0.3) is 0 Å². The summed E-state index contributed by atoms with van der Waals surface area (Å²) in [7, 11) is 0. The van der Waals surface area contributed by atoms with Crippen molar-refractivity contribution in [1.82, 2.24) is 5.43 Å². The summed E-state index contributed by atoms with van der Waals surface area (Å²) in [6, 6.07) is 7.19. The second-order valence-corrected chi connectivity index (χ2v) is 5.89. The third-order valence-electron chi connectivity index (χ3n) is 3.41. The van der Waals surface area contributed by atoms with E-state index in [1.807, 2.05) is 12.1 Å². The van der Waals surface area contributed by atoms with Crippen molar-refractivity contribution in [2.75, 3.05) is 5.32 Å². The molecule has 1 aromatic rings. The molecule has 0 radical (unpaired) electrons. The van der Waals surface area contributed by atoms with Gasteiger partial charge in [0, 0.05) is 17.5 Å². The molecule has 1 heterocycles. The largest absolute Gasteiger partial charge is 0.324 e. The van der Waals surface area contributed by atoms with Crippen molar-refractivity contribution in [3.63, 3.8) is 0 Å². The van der Waals surface area contributed by atoms with Gasteiger partial charge in [0.05, 0.1) is 5.71 Å². The second-order valence-electron chi connectivity index (χ2n) is 4.79. The van der Waals surface area contributed by atoms with E-state index in [1.165, 1.54) is 0 Å². The number of halogens is 2. The lowest BCUT2D eigenvalue weighted by atomic mass is 10.0. The first-order valence-corrected chi connectivity index (χ1v) is 7.00. The highest BCUT2D eigenvalue weighted by Crippen LogP contribution is 2.43. The minimum Gasteiger partial charge on any atom is -0.324 e. The van der Waals surface area contributed by atoms with Crippen molar-refractivity contribution in [2.45, 2.75) is 11.3 Å². The number of carbonyl (C=O) groups excluding carboxylic acids is 2. The third-order valence-corrected chi connectivity index (χ3v) is 3.81. The fraction of sp³-hybridized carbons (Fsp3) is 0.308. The van der Waals surface area contributed by atoms with Gasteiger partial charge in [0.15, 0.2) is 4.84 Å². The summed E-state index contributed by atoms with van der Waals surface area (Å²) in [5.41, 5.74) is 4.96. The maximum atomic E-state index is 11.4. The van der Waals surface area contributed by atoms with Crippen LogP contribution in [0.2, 0.25) is 0 Å². The van der Waals surface area contributed by atoms with Crippen LogP contribution in [0.1, 0.15) is 12.0 Å². The van der Waals surface area contributed by atoms with Crippen LogP contribution < -0.4 is 10.7 Å². The lowest BCUT2D eigenvalue weighted by Crippen LogP contribution is -2.28. The molecule has 0 aromatic heterocycles. The Labute approximate surface area is 125 Å². The lowest BCUT2D eigenvalue weighted by molar-refractivity contribution is -0.122. The quantitative estimate of drug-likeness (QED) is 0.837. The standard InChI is InChI=1S/C13H11Cl2N3O2/c14-11(15)13(20)16-7-3-1-6(2-4-7)10-8-5-9(8)12(19)18-17-10/h1-4,8-9,11H,5H2,(H,16,20)(H,18,19). The summed E-state index contributed by atoms with van der Waals surface area (Å²) >= 11 is 10.9. The Bertz CT molecular complexity index is 598. The van der Waals surface area contributed by atoms with Crippen LogP contribution in [-0.2, 0) is 9.59 Å². The zero-order valence-corrected chi connectivity index (χ0v) is 11.8. The Kier molecular flexibility index (Phi) is 3.40. The molecule has 2 N–H and O–H groups in total. The molecule has 1 saturated carbocycles. The number of anilines is 1. The zero-order valence-electron chi connectivity index (χ0n) is 10.3. The van der Waals surface area contributed by atoms with Crippen molar-refractivity contribution in [2.24, 2.45) is 16.9 Å². The Morgan fingerprint density at radius 3 is 2.65 bits per heavy atom. The average Bonchev–Trinajstić information content (AvgIpc) is 3.21. The van der Waals surface area contributed by atoms with E-state index in [0.29, 0.717) is 5.69 Å². The van der Waals surface area contributed by atoms with Crippen LogP contribution in [0.3, 0.4) is 0 Å². The van der Waals surface area contributed by atoms with Gasteiger partial charge in [-0.25, -0.2) is 5.43 Å². The van der Waals surface area contributed by atoms with Crippen LogP contribution >= 0.6 is 23.2 Å². The number of nitrogens with one attached hydrogen (secondary N) is 2. The number of hydrazone groups is 1. The SMILES string of the molecule is O=C(Nc1ccc(C2=NNC(=O)C3CC23)cc1)C(Cl)Cl. The van der Waals surface area contributed by atoms with Gasteiger partial charge < -0.3 is 5.32 Å². The molecule has 7 heteroatoms. The molecule has 1 fully saturated rings. The molecule has 1 aliphatic carbocycles. The van der Waals surface area contributed by atoms with Gasteiger partial charge in [-0.1, -0.05) is 35.3 Å². The fourth-order valence-corrected chi connectivity index (χ4v) is 2.38. The van der Waals surface area contributed by atoms with Crippen molar-refractivity contribution in [3.8, 4) is 0 Å². The summed E-state index contributed by atoms with van der Waals surface area (Å²) in [5, 5.41) is 6.70. The van der Waals surface area contributed by atoms with E-state index in [9.17, 15) is 9.59 Å². The molecule has 0 saturated heterocycles. The number of fused-ring (bicyclic) bond motifs is 1. The van der Waals surface area contributed by atoms with Gasteiger partial charge in [0.25, 0.3) is 5.91 Å². The number of benzene rings is 1. The normalized spacial score (nSPS) is 23.8. The van der Waals surface area contributed by atoms with Gasteiger partial charge >= 0.3 is 0 Å². The van der Waals surface area contributed by atoms with Crippen LogP contribution in [0.5, 0.6) is 0 Å². The summed E-state index contributed by atoms with van der Waals surface area (Å²) in [4.78, 5) is 21.6. The maximum absolute atomic E-state index is 11.4. The molecular weight excluding hydrogens is 301 g/mol. The van der Waals surface area contributed by atoms with E-state index in [1.54, 1.807) is 12.1 Å². The molecule has 3 rings (SSSR count). The van der Waals surface area contributed by atoms with Crippen LogP contribution in [-0.4, -0.2) is 22.4 Å². The number of hydrogen-bond acceptors (Lipinski definition) is 3. The number of rotatable bonds is 3. The third kappa shape index (κ3) is 2.51. The van der Waals surface area contributed by atoms with Crippen molar-refractivity contribution >= 4 is 46.4 Å². The molecule has 2 aliphatic rings. The lowest BCUT2D eigenvalue weighted by Gasteiger charge is -2.12. The summed E-state index contributed by atoms with van der Waals surface area (Å²) in [6.45, 7) is 0. The van der Waals surface area contributed by atoms with Gasteiger partial charge in [-0.05, 0) is 24.1 Å². The van der Waals surface area contributed by atoms with Gasteiger partial charge in [-0.3, -0.25) is 9.59 Å². The first-order valence-electron chi connectivity index (χ1n) is 6.13. The highest BCUT2D eigenvalue weighted by atomic mass is 35.5. The van der Waals surface area contributed by atoms with E-state index >= 15 is 0 Å². The van der Waals surface area contributed by atoms with Crippen LogP contribution in [0.15, 0.2) is 29.4 Å². The molecule has 2 unspecified atom stereocenters. The van der Waals surface area contributed by atoms with Crippen molar-refractivity contribution < 1.29 is 9.59 Å². The molecule has 20 heavy (non-hydrogen) atoms. The van der Waals surface area contributed by atoms with Crippen LogP contribution in [0, 0.1) is 11.8 Å². The number of carbonyl (C=O) groups is 2. The van der Waals surface area contributed by atoms with Crippen molar-refractivity contribution in [1.29, 1.82) is 0 Å². The first-order chi connectivity index (χ1) is 9.56. The zero-order chi connectivity index (χ0) is 14.3. The molecule has 2 amide bonds. The average molecular weight is 312 g/mol. The van der Waals surface area contributed by atoms with Crippen LogP contribution in [0.4, 0.5) is 5.69 Å². The molecule has 1 aliphatic heterocycles. The van der Waals surface area contributed by atoms with E-state index in [0.717, 1.165) is 17.7 Å². The summed E-state index contributed by atoms with van der Waals surface area (Å²) in [5.74, 6) is -0.182. The molecule has 0 spiro atoms. The number of nitrogens with zero attached hydrogens (tertiary/aromatic N) is 1. The Hall–Kier alpha value is -1.59. The summed E-state index contributed by atoms with van der Waals surface area (Å²) < 4.78 is 0. The maximum Gasteiger partial charge on any atom is 0.257 e. The topological polar surface area (TPSA) is 70.6 Å². The second kappa shape index (κ2) is 5.07. The Balaban J connectivity index is 1.74. The molecule has 1 aromatic carbocycles. The van der Waals surface area contributed by atoms with Crippen molar-refractivity contribution in [3.05, 3.63) is 29.8 Å². The highest BCUT2D eigenvalue weighted by molar-refractivity contribution is 6.54. The van der Waals surface area contributed by atoms with E-state index < -0.39 is 10.7 Å². The predicted molar refractivity (Wildman–Crippen MR) is 76.8 cm³/mol. The summed E-state index contributed by atoms with van der Waals surface area (Å²) in [6.07, 6.45) is 0.851. The molecule has 0 bridgehead atoms. The Morgan fingerprint density at radius 2 is 2.00 bits per heavy atom. The molecule has 104 valence electrons. The first kappa shape index (κ1) is 13.4. The predicted octanol–water partition coefficient (Wildman–Crippen LogP) is 1.90. The molecular formula is C13H11Cl2N3O2. The van der Waals surface area contributed by atoms with E-state index in [2.05, 4.69) is 15.8 Å². The fourth-order valence-electron chi connectivity index (χ4n) is 2.27. The minimum absolute atomic E-state index is 0.00194. The highest BCUT2D eigenvalue weighted by Gasteiger charge is 2.49. The van der Waals surface area contributed by atoms with E-state index in [-0.39, 0.29) is 17.7 Å². The van der Waals surface area contributed by atoms with E-state index in [4.69, 9.17) is 23.2 Å². The smallest absolute Gasteiger partial charge is 0.257 e. The minimum atomic E-state index is -1.10. The number of hydrogen-bond donors (Lipinski definition) is 2. The van der Waals surface area contributed by atoms with Gasteiger partial charge in [-0.15, -0.1) is 0 Å².